The number of hydrogen-bond donors (Lipinski definition) is 1. The molecule has 3 aliphatic heterocycles. The Morgan fingerprint density at radius 3 is 2.40 bits per heavy atom. The molecule has 202 valence electrons. The molecule has 3 aromatic rings. The number of fused-ring (bicyclic) bond motifs is 5. The number of benzene rings is 3. The van der Waals surface area contributed by atoms with Crippen molar-refractivity contribution in [2.24, 2.45) is 11.8 Å². The monoisotopic (exact) mass is 548 g/mol. The van der Waals surface area contributed by atoms with Crippen LogP contribution in [0.4, 0.5) is 30.2 Å². The highest BCUT2D eigenvalue weighted by atomic mass is 19.4. The number of halogens is 3. The summed E-state index contributed by atoms with van der Waals surface area (Å²) < 4.78 is 39.8. The molecule has 4 atom stereocenters. The van der Waals surface area contributed by atoms with E-state index in [0.717, 1.165) is 34.7 Å². The number of alkyl halides is 3. The first-order valence-corrected chi connectivity index (χ1v) is 12.2. The number of nitro benzene ring substituents is 1. The number of carbonyl (C=O) groups is 3. The molecule has 3 heterocycles. The number of nitrogens with one attached hydrogen (secondary N) is 1. The molecule has 3 aliphatic rings. The first kappa shape index (κ1) is 25.3. The van der Waals surface area contributed by atoms with Crippen molar-refractivity contribution < 1.29 is 32.5 Å². The molecular weight excluding hydrogens is 529 g/mol. The van der Waals surface area contributed by atoms with Crippen LogP contribution in [0, 0.1) is 22.0 Å². The third-order valence-electron chi connectivity index (χ3n) is 7.49. The van der Waals surface area contributed by atoms with Gasteiger partial charge in [-0.05, 0) is 41.5 Å². The molecule has 1 N–H and O–H groups in total. The Labute approximate surface area is 224 Å². The Morgan fingerprint density at radius 1 is 0.925 bits per heavy atom. The van der Waals surface area contributed by atoms with Crippen molar-refractivity contribution in [2.75, 3.05) is 10.2 Å². The molecule has 12 heteroatoms. The molecule has 4 unspecified atom stereocenters. The van der Waals surface area contributed by atoms with E-state index in [2.05, 4.69) is 5.32 Å². The maximum Gasteiger partial charge on any atom is 0.416 e. The van der Waals surface area contributed by atoms with E-state index in [1.165, 1.54) is 24.3 Å². The highest BCUT2D eigenvalue weighted by molar-refractivity contribution is 6.24. The van der Waals surface area contributed by atoms with Crippen molar-refractivity contribution in [1.29, 1.82) is 0 Å². The number of nitrogens with zero attached hydrogens (tertiary/aromatic N) is 3. The molecule has 2 fully saturated rings. The second kappa shape index (κ2) is 9.04. The van der Waals surface area contributed by atoms with Crippen LogP contribution in [0.25, 0.3) is 6.08 Å². The number of non-ortho nitro benzene ring substituents is 1. The predicted molar refractivity (Wildman–Crippen MR) is 136 cm³/mol. The lowest BCUT2D eigenvalue weighted by Gasteiger charge is -2.35. The van der Waals surface area contributed by atoms with E-state index in [9.17, 15) is 37.7 Å². The first-order chi connectivity index (χ1) is 19.1. The minimum Gasteiger partial charge on any atom is -0.357 e. The van der Waals surface area contributed by atoms with E-state index in [-0.39, 0.29) is 17.1 Å². The summed E-state index contributed by atoms with van der Waals surface area (Å²) in [6, 6.07) is 14.4. The largest absolute Gasteiger partial charge is 0.416 e. The number of amides is 3. The van der Waals surface area contributed by atoms with Gasteiger partial charge in [-0.15, -0.1) is 0 Å². The van der Waals surface area contributed by atoms with Gasteiger partial charge in [0.15, 0.2) is 0 Å². The average molecular weight is 548 g/mol. The maximum atomic E-state index is 13.9. The van der Waals surface area contributed by atoms with Crippen LogP contribution in [-0.2, 0) is 20.6 Å². The molecule has 0 radical (unpaired) electrons. The second-order valence-corrected chi connectivity index (χ2v) is 9.69. The fraction of sp³-hybridized carbons (Fsp3) is 0.179. The van der Waals surface area contributed by atoms with Gasteiger partial charge in [0.05, 0.1) is 34.1 Å². The van der Waals surface area contributed by atoms with Crippen LogP contribution in [-0.4, -0.2) is 33.6 Å². The van der Waals surface area contributed by atoms with Crippen molar-refractivity contribution in [3.05, 3.63) is 106 Å². The normalized spacial score (nSPS) is 23.1. The smallest absolute Gasteiger partial charge is 0.357 e. The Morgan fingerprint density at radius 2 is 1.65 bits per heavy atom. The van der Waals surface area contributed by atoms with Gasteiger partial charge in [0, 0.05) is 24.0 Å². The van der Waals surface area contributed by atoms with E-state index in [4.69, 9.17) is 0 Å². The highest BCUT2D eigenvalue weighted by Crippen LogP contribution is 2.53. The molecule has 0 bridgehead atoms. The maximum absolute atomic E-state index is 13.9. The fourth-order valence-electron chi connectivity index (χ4n) is 5.85. The quantitative estimate of drug-likeness (QED) is 0.286. The zero-order valence-electron chi connectivity index (χ0n) is 20.4. The average Bonchev–Trinajstić information content (AvgIpc) is 3.40. The van der Waals surface area contributed by atoms with Gasteiger partial charge >= 0.3 is 6.18 Å². The Hall–Kier alpha value is -5.00. The number of imide groups is 1. The fourth-order valence-corrected chi connectivity index (χ4v) is 5.85. The third-order valence-corrected chi connectivity index (χ3v) is 7.49. The van der Waals surface area contributed by atoms with Gasteiger partial charge in [0.25, 0.3) is 5.69 Å². The zero-order chi connectivity index (χ0) is 28.3. The van der Waals surface area contributed by atoms with Crippen LogP contribution < -0.4 is 10.2 Å². The van der Waals surface area contributed by atoms with Crippen molar-refractivity contribution in [1.82, 2.24) is 4.90 Å². The van der Waals surface area contributed by atoms with Crippen LogP contribution in [0.15, 0.2) is 79.0 Å². The number of rotatable bonds is 4. The summed E-state index contributed by atoms with van der Waals surface area (Å²) in [6.07, 6.45) is -1.28. The van der Waals surface area contributed by atoms with Gasteiger partial charge in [-0.3, -0.25) is 24.5 Å². The third kappa shape index (κ3) is 3.91. The summed E-state index contributed by atoms with van der Waals surface area (Å²) >= 11 is 0. The van der Waals surface area contributed by atoms with Crippen LogP contribution in [0.3, 0.4) is 0 Å². The molecule has 0 aromatic heterocycles. The number of nitro groups is 1. The topological polar surface area (TPSA) is 113 Å². The van der Waals surface area contributed by atoms with Crippen LogP contribution in [0.1, 0.15) is 22.7 Å². The molecule has 0 saturated carbocycles. The van der Waals surface area contributed by atoms with E-state index >= 15 is 0 Å². The lowest BCUT2D eigenvalue weighted by molar-refractivity contribution is -0.384. The number of anilines is 2. The van der Waals surface area contributed by atoms with Crippen LogP contribution in [0.2, 0.25) is 0 Å². The van der Waals surface area contributed by atoms with E-state index in [1.807, 2.05) is 6.07 Å². The molecule has 0 aliphatic carbocycles. The number of hydrogen-bond acceptors (Lipinski definition) is 6. The zero-order valence-corrected chi connectivity index (χ0v) is 20.4. The predicted octanol–water partition coefficient (Wildman–Crippen LogP) is 4.77. The van der Waals surface area contributed by atoms with Gasteiger partial charge in [-0.25, -0.2) is 4.90 Å². The molecule has 3 amide bonds. The van der Waals surface area contributed by atoms with Gasteiger partial charge < -0.3 is 10.2 Å². The Bertz CT molecular complexity index is 1620. The minimum atomic E-state index is -4.63. The summed E-state index contributed by atoms with van der Waals surface area (Å²) in [5.74, 6) is -4.32. The summed E-state index contributed by atoms with van der Waals surface area (Å²) in [5.41, 5.74) is 0.104. The second-order valence-electron chi connectivity index (χ2n) is 9.69. The first-order valence-electron chi connectivity index (χ1n) is 12.2. The molecule has 2 saturated heterocycles. The standard InChI is InChI=1S/C28H19F3N4O5/c29-28(30,31)16-6-3-7-17(13-16)32-25(36)24-22-21(23-20-10-2-1-5-15(20)11-12-33(23)24)26(37)34(27(22)38)18-8-4-9-19(14-18)35(39)40/h1-14,21-24H,(H,32,36). The summed E-state index contributed by atoms with van der Waals surface area (Å²) in [7, 11) is 0. The van der Waals surface area contributed by atoms with Crippen molar-refractivity contribution in [2.45, 2.75) is 18.3 Å². The summed E-state index contributed by atoms with van der Waals surface area (Å²) in [4.78, 5) is 54.5. The van der Waals surface area contributed by atoms with Gasteiger partial charge in [0.2, 0.25) is 17.7 Å². The van der Waals surface area contributed by atoms with E-state index in [1.54, 1.807) is 35.4 Å². The summed E-state index contributed by atoms with van der Waals surface area (Å²) in [6.45, 7) is 0. The van der Waals surface area contributed by atoms with Gasteiger partial charge in [-0.1, -0.05) is 36.4 Å². The lowest BCUT2D eigenvalue weighted by atomic mass is 9.84. The van der Waals surface area contributed by atoms with Gasteiger partial charge in [-0.2, -0.15) is 13.2 Å². The Kier molecular flexibility index (Phi) is 5.71. The SMILES string of the molecule is O=C(Nc1cccc(C(F)(F)F)c1)C1C2C(=O)N(c3cccc([N+](=O)[O-])c3)C(=O)C2C2c3ccccc3C=CN12. The van der Waals surface area contributed by atoms with Crippen LogP contribution in [0.5, 0.6) is 0 Å². The van der Waals surface area contributed by atoms with Gasteiger partial charge in [0.1, 0.15) is 6.04 Å². The molecule has 40 heavy (non-hydrogen) atoms. The van der Waals surface area contributed by atoms with E-state index in [0.29, 0.717) is 5.56 Å². The molecule has 6 rings (SSSR count). The Balaban J connectivity index is 1.42. The minimum absolute atomic E-state index is 0.00169. The molecule has 3 aromatic carbocycles. The summed E-state index contributed by atoms with van der Waals surface area (Å²) in [5, 5.41) is 13.8. The molecule has 9 nitrogen and oxygen atoms in total. The van der Waals surface area contributed by atoms with Crippen molar-refractivity contribution in [3.63, 3.8) is 0 Å². The molecular formula is C28H19F3N4O5. The van der Waals surface area contributed by atoms with Crippen molar-refractivity contribution >= 4 is 40.9 Å². The lowest BCUT2D eigenvalue weighted by Crippen LogP contribution is -2.46. The van der Waals surface area contributed by atoms with Crippen LogP contribution >= 0.6 is 0 Å². The number of carbonyl (C=O) groups excluding carboxylic acids is 3. The highest BCUT2D eigenvalue weighted by Gasteiger charge is 2.64. The van der Waals surface area contributed by atoms with Crippen molar-refractivity contribution in [3.8, 4) is 0 Å². The van der Waals surface area contributed by atoms with E-state index < -0.39 is 58.3 Å². The molecule has 0 spiro atoms.